The molecule has 0 bridgehead atoms. The molecule has 158 valence electrons. The minimum absolute atomic E-state index is 0.480. The van der Waals surface area contributed by atoms with Gasteiger partial charge >= 0.3 is 0 Å². The van der Waals surface area contributed by atoms with Crippen LogP contribution in [0.25, 0.3) is 0 Å². The number of benzene rings is 1. The predicted molar refractivity (Wildman–Crippen MR) is 120 cm³/mol. The molecule has 1 aromatic heterocycles. The second-order valence-electron chi connectivity index (χ2n) is 7.92. The number of aliphatic imine (C=N–C) groups is 1. The molecule has 6 nitrogen and oxygen atoms in total. The number of rotatable bonds is 8. The topological polar surface area (TPSA) is 57.5 Å². The molecule has 0 saturated carbocycles. The summed E-state index contributed by atoms with van der Waals surface area (Å²) in [5, 5.41) is 7.09. The quantitative estimate of drug-likeness (QED) is 0.408. The molecule has 1 aliphatic rings. The molecular weight excluding hydrogens is 360 g/mol. The van der Waals surface area contributed by atoms with E-state index in [1.54, 1.807) is 0 Å². The van der Waals surface area contributed by atoms with E-state index < -0.39 is 0 Å². The summed E-state index contributed by atoms with van der Waals surface area (Å²) < 4.78 is 2.21. The van der Waals surface area contributed by atoms with Gasteiger partial charge in [0.05, 0.1) is 0 Å². The second-order valence-corrected chi connectivity index (χ2v) is 7.92. The minimum atomic E-state index is 0.480. The van der Waals surface area contributed by atoms with Gasteiger partial charge < -0.3 is 15.2 Å². The SMILES string of the molecule is CN=C(NCCCCn1ccnc1C)NC1CCN(C(C)c2ccccc2)CC1. The van der Waals surface area contributed by atoms with E-state index in [4.69, 9.17) is 0 Å². The number of imidazole rings is 1. The van der Waals surface area contributed by atoms with Crippen LogP contribution in [0.4, 0.5) is 0 Å². The first kappa shape index (κ1) is 21.4. The van der Waals surface area contributed by atoms with Crippen LogP contribution in [-0.4, -0.2) is 53.1 Å². The third-order valence-corrected chi connectivity index (χ3v) is 5.97. The molecule has 0 spiro atoms. The van der Waals surface area contributed by atoms with Crippen molar-refractivity contribution in [3.63, 3.8) is 0 Å². The van der Waals surface area contributed by atoms with Gasteiger partial charge in [-0.3, -0.25) is 9.89 Å². The second kappa shape index (κ2) is 11.0. The molecule has 29 heavy (non-hydrogen) atoms. The van der Waals surface area contributed by atoms with Crippen molar-refractivity contribution >= 4 is 5.96 Å². The lowest BCUT2D eigenvalue weighted by molar-refractivity contribution is 0.158. The summed E-state index contributed by atoms with van der Waals surface area (Å²) in [6, 6.07) is 11.8. The molecule has 1 unspecified atom stereocenters. The number of nitrogens with zero attached hydrogens (tertiary/aromatic N) is 4. The van der Waals surface area contributed by atoms with Crippen molar-refractivity contribution in [1.82, 2.24) is 25.1 Å². The van der Waals surface area contributed by atoms with Crippen molar-refractivity contribution in [2.24, 2.45) is 4.99 Å². The number of hydrogen-bond donors (Lipinski definition) is 2. The van der Waals surface area contributed by atoms with E-state index in [2.05, 4.69) is 74.3 Å². The summed E-state index contributed by atoms with van der Waals surface area (Å²) in [6.45, 7) is 8.57. The number of hydrogen-bond acceptors (Lipinski definition) is 3. The van der Waals surface area contributed by atoms with Crippen LogP contribution in [0.5, 0.6) is 0 Å². The molecule has 1 saturated heterocycles. The molecule has 1 fully saturated rings. The molecule has 2 N–H and O–H groups in total. The van der Waals surface area contributed by atoms with Crippen LogP contribution in [0.1, 0.15) is 50.0 Å². The lowest BCUT2D eigenvalue weighted by Gasteiger charge is -2.37. The van der Waals surface area contributed by atoms with Gasteiger partial charge in [-0.1, -0.05) is 30.3 Å². The lowest BCUT2D eigenvalue weighted by atomic mass is 10.0. The Kier molecular flexibility index (Phi) is 8.11. The van der Waals surface area contributed by atoms with Crippen molar-refractivity contribution in [2.45, 2.75) is 58.2 Å². The largest absolute Gasteiger partial charge is 0.356 e. The Bertz CT molecular complexity index is 746. The molecule has 1 aliphatic heterocycles. The molecule has 3 rings (SSSR count). The van der Waals surface area contributed by atoms with Gasteiger partial charge in [-0.25, -0.2) is 4.98 Å². The standard InChI is InChI=1S/C23H36N6/c1-19(21-9-5-4-6-10-21)28-16-11-22(12-17-28)27-23(24-3)26-13-7-8-15-29-18-14-25-20(29)2/h4-6,9-10,14,18-19,22H,7-8,11-13,15-17H2,1-3H3,(H2,24,26,27). The van der Waals surface area contributed by atoms with Gasteiger partial charge in [-0.05, 0) is 45.1 Å². The molecule has 1 atom stereocenters. The third-order valence-electron chi connectivity index (χ3n) is 5.97. The summed E-state index contributed by atoms with van der Waals surface area (Å²) in [6.07, 6.45) is 8.47. The van der Waals surface area contributed by atoms with Crippen LogP contribution in [0.15, 0.2) is 47.7 Å². The number of aryl methyl sites for hydroxylation is 2. The number of unbranched alkanes of at least 4 members (excludes halogenated alkanes) is 1. The Morgan fingerprint density at radius 2 is 1.97 bits per heavy atom. The van der Waals surface area contributed by atoms with Crippen LogP contribution in [0.2, 0.25) is 0 Å². The van der Waals surface area contributed by atoms with Gasteiger partial charge in [0.15, 0.2) is 5.96 Å². The molecular formula is C23H36N6. The summed E-state index contributed by atoms with van der Waals surface area (Å²) in [5.74, 6) is 2.02. The normalized spacial score (nSPS) is 17.3. The first-order chi connectivity index (χ1) is 14.2. The number of piperidine rings is 1. The summed E-state index contributed by atoms with van der Waals surface area (Å²) in [7, 11) is 1.86. The van der Waals surface area contributed by atoms with E-state index in [1.165, 1.54) is 5.56 Å². The smallest absolute Gasteiger partial charge is 0.191 e. The van der Waals surface area contributed by atoms with Gasteiger partial charge in [0.25, 0.3) is 0 Å². The van der Waals surface area contributed by atoms with E-state index in [0.717, 1.165) is 63.6 Å². The molecule has 0 aliphatic carbocycles. The zero-order valence-electron chi connectivity index (χ0n) is 18.1. The summed E-state index contributed by atoms with van der Waals surface area (Å²) in [4.78, 5) is 11.3. The first-order valence-corrected chi connectivity index (χ1v) is 10.9. The monoisotopic (exact) mass is 396 g/mol. The highest BCUT2D eigenvalue weighted by Gasteiger charge is 2.23. The van der Waals surface area contributed by atoms with E-state index >= 15 is 0 Å². The third kappa shape index (κ3) is 6.32. The molecule has 2 heterocycles. The van der Waals surface area contributed by atoms with E-state index in [1.807, 2.05) is 19.4 Å². The fourth-order valence-corrected chi connectivity index (χ4v) is 4.02. The molecule has 2 aromatic rings. The number of likely N-dealkylation sites (tertiary alicyclic amines) is 1. The highest BCUT2D eigenvalue weighted by Crippen LogP contribution is 2.23. The Morgan fingerprint density at radius 3 is 2.62 bits per heavy atom. The number of guanidine groups is 1. The van der Waals surface area contributed by atoms with Crippen molar-refractivity contribution in [3.05, 3.63) is 54.1 Å². The van der Waals surface area contributed by atoms with Crippen molar-refractivity contribution in [1.29, 1.82) is 0 Å². The maximum Gasteiger partial charge on any atom is 0.191 e. The van der Waals surface area contributed by atoms with Gasteiger partial charge in [0.2, 0.25) is 0 Å². The van der Waals surface area contributed by atoms with Gasteiger partial charge in [-0.15, -0.1) is 0 Å². The number of nitrogens with one attached hydrogen (secondary N) is 2. The molecule has 1 aromatic carbocycles. The Morgan fingerprint density at radius 1 is 1.21 bits per heavy atom. The molecule has 0 amide bonds. The Labute approximate surface area is 175 Å². The van der Waals surface area contributed by atoms with E-state index in [9.17, 15) is 0 Å². The first-order valence-electron chi connectivity index (χ1n) is 10.9. The van der Waals surface area contributed by atoms with Crippen LogP contribution < -0.4 is 10.6 Å². The number of aromatic nitrogens is 2. The average Bonchev–Trinajstić information content (AvgIpc) is 3.18. The van der Waals surface area contributed by atoms with Gasteiger partial charge in [0, 0.05) is 57.7 Å². The van der Waals surface area contributed by atoms with Crippen LogP contribution in [0.3, 0.4) is 0 Å². The lowest BCUT2D eigenvalue weighted by Crippen LogP contribution is -2.49. The predicted octanol–water partition coefficient (Wildman–Crippen LogP) is 3.36. The maximum atomic E-state index is 4.41. The fraction of sp³-hybridized carbons (Fsp3) is 0.565. The zero-order valence-corrected chi connectivity index (χ0v) is 18.1. The molecule has 6 heteroatoms. The maximum absolute atomic E-state index is 4.41. The van der Waals surface area contributed by atoms with Crippen LogP contribution >= 0.6 is 0 Å². The zero-order chi connectivity index (χ0) is 20.5. The highest BCUT2D eigenvalue weighted by atomic mass is 15.2. The van der Waals surface area contributed by atoms with Crippen molar-refractivity contribution < 1.29 is 0 Å². The van der Waals surface area contributed by atoms with Crippen LogP contribution in [0, 0.1) is 6.92 Å². The van der Waals surface area contributed by atoms with Gasteiger partial charge in [-0.2, -0.15) is 0 Å². The van der Waals surface area contributed by atoms with Crippen molar-refractivity contribution in [2.75, 3.05) is 26.7 Å². The highest BCUT2D eigenvalue weighted by molar-refractivity contribution is 5.79. The van der Waals surface area contributed by atoms with Crippen molar-refractivity contribution in [3.8, 4) is 0 Å². The minimum Gasteiger partial charge on any atom is -0.356 e. The summed E-state index contributed by atoms with van der Waals surface area (Å²) in [5.41, 5.74) is 1.40. The average molecular weight is 397 g/mol. The van der Waals surface area contributed by atoms with E-state index in [-0.39, 0.29) is 0 Å². The van der Waals surface area contributed by atoms with Crippen LogP contribution in [-0.2, 0) is 6.54 Å². The molecule has 0 radical (unpaired) electrons. The summed E-state index contributed by atoms with van der Waals surface area (Å²) >= 11 is 0. The Hall–Kier alpha value is -2.34. The fourth-order valence-electron chi connectivity index (χ4n) is 4.02. The van der Waals surface area contributed by atoms with E-state index in [0.29, 0.717) is 12.1 Å². The Balaban J connectivity index is 1.33. The van der Waals surface area contributed by atoms with Gasteiger partial charge in [0.1, 0.15) is 5.82 Å².